The predicted molar refractivity (Wildman–Crippen MR) is 72.2 cm³/mol. The summed E-state index contributed by atoms with van der Waals surface area (Å²) in [5.74, 6) is 0.996. The molecule has 1 N–H and O–H groups in total. The van der Waals surface area contributed by atoms with Crippen molar-refractivity contribution in [3.8, 4) is 5.88 Å². The molecule has 1 rings (SSSR count). The first-order valence-corrected chi connectivity index (χ1v) is 6.47. The lowest BCUT2D eigenvalue weighted by atomic mass is 10.0. The third-order valence-corrected chi connectivity index (χ3v) is 2.86. The highest BCUT2D eigenvalue weighted by molar-refractivity contribution is 6.18. The summed E-state index contributed by atoms with van der Waals surface area (Å²) >= 11 is 5.86. The van der Waals surface area contributed by atoms with E-state index in [1.807, 2.05) is 0 Å². The van der Waals surface area contributed by atoms with Gasteiger partial charge in [-0.05, 0) is 24.5 Å². The van der Waals surface area contributed by atoms with E-state index in [0.29, 0.717) is 23.2 Å². The van der Waals surface area contributed by atoms with Crippen LogP contribution in [-0.2, 0) is 0 Å². The van der Waals surface area contributed by atoms with Gasteiger partial charge in [0.15, 0.2) is 0 Å². The van der Waals surface area contributed by atoms with E-state index < -0.39 is 0 Å². The van der Waals surface area contributed by atoms with Gasteiger partial charge in [0.2, 0.25) is 5.88 Å². The minimum absolute atomic E-state index is 0.0379. The molecular weight excluding hydrogens is 252 g/mol. The summed E-state index contributed by atoms with van der Waals surface area (Å²) < 4.78 is 5.06. The van der Waals surface area contributed by atoms with Gasteiger partial charge in [0.1, 0.15) is 5.56 Å². The topological polar surface area (TPSA) is 51.2 Å². The third kappa shape index (κ3) is 4.18. The maximum absolute atomic E-state index is 12.1. The summed E-state index contributed by atoms with van der Waals surface area (Å²) in [5.41, 5.74) is 0.430. The van der Waals surface area contributed by atoms with Crippen LogP contribution in [0.3, 0.4) is 0 Å². The average Bonchev–Trinajstić information content (AvgIpc) is 2.37. The Morgan fingerprint density at radius 1 is 1.56 bits per heavy atom. The fourth-order valence-electron chi connectivity index (χ4n) is 1.72. The molecule has 0 bridgehead atoms. The van der Waals surface area contributed by atoms with Crippen molar-refractivity contribution < 1.29 is 9.53 Å². The van der Waals surface area contributed by atoms with Crippen molar-refractivity contribution in [1.82, 2.24) is 10.3 Å². The smallest absolute Gasteiger partial charge is 0.257 e. The van der Waals surface area contributed by atoms with Crippen molar-refractivity contribution in [2.75, 3.05) is 13.0 Å². The number of carbonyl (C=O) groups is 1. The van der Waals surface area contributed by atoms with Crippen LogP contribution < -0.4 is 10.1 Å². The van der Waals surface area contributed by atoms with Crippen LogP contribution >= 0.6 is 11.6 Å². The lowest BCUT2D eigenvalue weighted by Gasteiger charge is -2.18. The number of rotatable bonds is 6. The molecule has 0 fully saturated rings. The van der Waals surface area contributed by atoms with E-state index in [-0.39, 0.29) is 11.9 Å². The van der Waals surface area contributed by atoms with Crippen molar-refractivity contribution in [3.63, 3.8) is 0 Å². The normalized spacial score (nSPS) is 12.3. The molecule has 0 aliphatic rings. The fourth-order valence-corrected chi connectivity index (χ4v) is 1.92. The fraction of sp³-hybridized carbons (Fsp3) is 0.538. The summed E-state index contributed by atoms with van der Waals surface area (Å²) in [7, 11) is 1.49. The van der Waals surface area contributed by atoms with Gasteiger partial charge in [0, 0.05) is 18.1 Å². The summed E-state index contributed by atoms with van der Waals surface area (Å²) in [4.78, 5) is 16.1. The molecular formula is C13H19ClN2O2. The number of hydrogen-bond donors (Lipinski definition) is 1. The molecule has 0 saturated carbocycles. The highest BCUT2D eigenvalue weighted by Crippen LogP contribution is 2.14. The van der Waals surface area contributed by atoms with Crippen LogP contribution in [0.25, 0.3) is 0 Å². The molecule has 1 amide bonds. The van der Waals surface area contributed by atoms with Crippen molar-refractivity contribution >= 4 is 17.5 Å². The van der Waals surface area contributed by atoms with Crippen molar-refractivity contribution in [2.24, 2.45) is 5.92 Å². The van der Waals surface area contributed by atoms with E-state index in [1.54, 1.807) is 18.3 Å². The summed E-state index contributed by atoms with van der Waals surface area (Å²) in [6.07, 6.45) is 2.43. The number of nitrogens with zero attached hydrogens (tertiary/aromatic N) is 1. The molecule has 100 valence electrons. The van der Waals surface area contributed by atoms with Crippen molar-refractivity contribution in [1.29, 1.82) is 0 Å². The summed E-state index contributed by atoms with van der Waals surface area (Å²) in [6, 6.07) is 3.35. The van der Waals surface area contributed by atoms with Gasteiger partial charge < -0.3 is 10.1 Å². The number of halogens is 1. The van der Waals surface area contributed by atoms with E-state index in [0.717, 1.165) is 6.42 Å². The molecule has 1 unspecified atom stereocenters. The Morgan fingerprint density at radius 2 is 2.28 bits per heavy atom. The maximum atomic E-state index is 12.1. The number of methoxy groups -OCH3 is 1. The molecule has 0 spiro atoms. The van der Waals surface area contributed by atoms with Gasteiger partial charge in [-0.1, -0.05) is 13.8 Å². The quantitative estimate of drug-likeness (QED) is 0.808. The van der Waals surface area contributed by atoms with Crippen LogP contribution in [0.5, 0.6) is 5.88 Å². The van der Waals surface area contributed by atoms with Gasteiger partial charge >= 0.3 is 0 Å². The molecule has 0 aliphatic heterocycles. The maximum Gasteiger partial charge on any atom is 0.257 e. The zero-order valence-corrected chi connectivity index (χ0v) is 11.7. The number of aromatic nitrogens is 1. The summed E-state index contributed by atoms with van der Waals surface area (Å²) in [5, 5.41) is 2.90. The summed E-state index contributed by atoms with van der Waals surface area (Å²) in [6.45, 7) is 4.19. The van der Waals surface area contributed by atoms with Crippen LogP contribution in [-0.4, -0.2) is 29.9 Å². The van der Waals surface area contributed by atoms with E-state index in [4.69, 9.17) is 16.3 Å². The van der Waals surface area contributed by atoms with Gasteiger partial charge in [0.25, 0.3) is 5.91 Å². The van der Waals surface area contributed by atoms with Gasteiger partial charge in [-0.3, -0.25) is 4.79 Å². The first kappa shape index (κ1) is 14.8. The molecule has 4 nitrogen and oxygen atoms in total. The second-order valence-corrected chi connectivity index (χ2v) is 4.82. The largest absolute Gasteiger partial charge is 0.480 e. The minimum Gasteiger partial charge on any atom is -0.480 e. The number of hydrogen-bond acceptors (Lipinski definition) is 3. The second-order valence-electron chi connectivity index (χ2n) is 4.51. The van der Waals surface area contributed by atoms with Gasteiger partial charge in [0.05, 0.1) is 7.11 Å². The molecule has 1 aromatic heterocycles. The van der Waals surface area contributed by atoms with Crippen LogP contribution in [0, 0.1) is 5.92 Å². The highest BCUT2D eigenvalue weighted by Gasteiger charge is 2.17. The van der Waals surface area contributed by atoms with E-state index in [2.05, 4.69) is 24.1 Å². The van der Waals surface area contributed by atoms with Crippen LogP contribution in [0.15, 0.2) is 18.3 Å². The number of ether oxygens (including phenoxy) is 1. The molecule has 1 heterocycles. The molecule has 1 aromatic rings. The predicted octanol–water partition coefficient (Wildman–Crippen LogP) is 2.47. The Labute approximate surface area is 113 Å². The number of nitrogens with one attached hydrogen (secondary N) is 1. The van der Waals surface area contributed by atoms with Crippen LogP contribution in [0.2, 0.25) is 0 Å². The first-order valence-electron chi connectivity index (χ1n) is 5.94. The monoisotopic (exact) mass is 270 g/mol. The van der Waals surface area contributed by atoms with E-state index >= 15 is 0 Å². The molecule has 0 aliphatic carbocycles. The zero-order chi connectivity index (χ0) is 13.5. The van der Waals surface area contributed by atoms with Crippen molar-refractivity contribution in [2.45, 2.75) is 26.3 Å². The SMILES string of the molecule is COc1ncccc1C(=O)NC(CCl)CC(C)C. The van der Waals surface area contributed by atoms with Gasteiger partial charge in [-0.15, -0.1) is 11.6 Å². The zero-order valence-electron chi connectivity index (χ0n) is 10.9. The van der Waals surface area contributed by atoms with E-state index in [1.165, 1.54) is 7.11 Å². The Bertz CT molecular complexity index is 396. The molecule has 0 saturated heterocycles. The molecule has 0 radical (unpaired) electrons. The number of carbonyl (C=O) groups excluding carboxylic acids is 1. The lowest BCUT2D eigenvalue weighted by molar-refractivity contribution is 0.0933. The Hall–Kier alpha value is -1.29. The molecule has 0 aromatic carbocycles. The standard InChI is InChI=1S/C13H19ClN2O2/c1-9(2)7-10(8-14)16-12(17)11-5-4-6-15-13(11)18-3/h4-6,9-10H,7-8H2,1-3H3,(H,16,17). The number of alkyl halides is 1. The van der Waals surface area contributed by atoms with Gasteiger partial charge in [-0.2, -0.15) is 0 Å². The Balaban J connectivity index is 2.74. The minimum atomic E-state index is -0.203. The second kappa shape index (κ2) is 7.21. The lowest BCUT2D eigenvalue weighted by Crippen LogP contribution is -2.37. The average molecular weight is 271 g/mol. The molecule has 18 heavy (non-hydrogen) atoms. The van der Waals surface area contributed by atoms with E-state index in [9.17, 15) is 4.79 Å². The Morgan fingerprint density at radius 3 is 2.83 bits per heavy atom. The highest BCUT2D eigenvalue weighted by atomic mass is 35.5. The van der Waals surface area contributed by atoms with Crippen LogP contribution in [0.4, 0.5) is 0 Å². The Kier molecular flexibility index (Phi) is 5.92. The van der Waals surface area contributed by atoms with Gasteiger partial charge in [-0.25, -0.2) is 4.98 Å². The number of pyridine rings is 1. The van der Waals surface area contributed by atoms with Crippen molar-refractivity contribution in [3.05, 3.63) is 23.9 Å². The molecule has 1 atom stereocenters. The van der Waals surface area contributed by atoms with Crippen LogP contribution in [0.1, 0.15) is 30.6 Å². The number of amides is 1. The third-order valence-electron chi connectivity index (χ3n) is 2.49. The molecule has 5 heteroatoms. The first-order chi connectivity index (χ1) is 8.58.